The Morgan fingerprint density at radius 3 is 2.42 bits per heavy atom. The van der Waals surface area contributed by atoms with E-state index in [9.17, 15) is 18.4 Å². The number of carbonyl (C=O) groups excluding carboxylic acids is 1. The Bertz CT molecular complexity index is 1350. The number of amides is 1. The Labute approximate surface area is 177 Å². The van der Waals surface area contributed by atoms with Crippen molar-refractivity contribution in [3.63, 3.8) is 0 Å². The third kappa shape index (κ3) is 3.94. The van der Waals surface area contributed by atoms with Crippen LogP contribution in [0, 0.1) is 18.6 Å². The second-order valence-electron chi connectivity index (χ2n) is 7.23. The fourth-order valence-corrected chi connectivity index (χ4v) is 3.45. The molecule has 5 nitrogen and oxygen atoms in total. The van der Waals surface area contributed by atoms with Gasteiger partial charge in [-0.25, -0.2) is 13.8 Å². The molecule has 0 aliphatic heterocycles. The highest BCUT2D eigenvalue weighted by Crippen LogP contribution is 2.18. The van der Waals surface area contributed by atoms with Gasteiger partial charge in [0.15, 0.2) is 11.6 Å². The van der Waals surface area contributed by atoms with Crippen molar-refractivity contribution in [3.8, 4) is 5.69 Å². The molecule has 31 heavy (non-hydrogen) atoms. The van der Waals surface area contributed by atoms with Crippen molar-refractivity contribution in [2.45, 2.75) is 19.9 Å². The average molecular weight is 419 g/mol. The maximum atomic E-state index is 13.4. The van der Waals surface area contributed by atoms with Crippen LogP contribution >= 0.6 is 0 Å². The molecule has 0 saturated carbocycles. The van der Waals surface area contributed by atoms with E-state index in [1.165, 1.54) is 10.6 Å². The normalized spacial score (nSPS) is 12.0. The number of benzene rings is 3. The van der Waals surface area contributed by atoms with Crippen LogP contribution in [0.15, 0.2) is 71.5 Å². The summed E-state index contributed by atoms with van der Waals surface area (Å²) >= 11 is 0. The summed E-state index contributed by atoms with van der Waals surface area (Å²) in [6, 6.07) is 16.7. The molecular weight excluding hydrogens is 400 g/mol. The average Bonchev–Trinajstić information content (AvgIpc) is 2.76. The van der Waals surface area contributed by atoms with Crippen molar-refractivity contribution in [1.82, 2.24) is 14.9 Å². The lowest BCUT2D eigenvalue weighted by molar-refractivity contribution is 0.0940. The minimum Gasteiger partial charge on any atom is -0.346 e. The van der Waals surface area contributed by atoms with Crippen LogP contribution in [0.3, 0.4) is 0 Å². The fourth-order valence-electron chi connectivity index (χ4n) is 3.45. The summed E-state index contributed by atoms with van der Waals surface area (Å²) in [6.07, 6.45) is 0. The Morgan fingerprint density at radius 2 is 1.71 bits per heavy atom. The van der Waals surface area contributed by atoms with E-state index >= 15 is 0 Å². The maximum absolute atomic E-state index is 13.4. The van der Waals surface area contributed by atoms with Gasteiger partial charge in [-0.2, -0.15) is 0 Å². The second-order valence-corrected chi connectivity index (χ2v) is 7.23. The quantitative estimate of drug-likeness (QED) is 0.531. The summed E-state index contributed by atoms with van der Waals surface area (Å²) in [6.45, 7) is 3.43. The number of nitrogens with zero attached hydrogens (tertiary/aromatic N) is 2. The molecular formula is C24H19F2N3O2. The van der Waals surface area contributed by atoms with E-state index < -0.39 is 17.7 Å². The summed E-state index contributed by atoms with van der Waals surface area (Å²) in [4.78, 5) is 30.0. The van der Waals surface area contributed by atoms with Gasteiger partial charge < -0.3 is 5.32 Å². The first-order valence-electron chi connectivity index (χ1n) is 9.70. The fraction of sp³-hybridized carbons (Fsp3) is 0.125. The zero-order valence-electron chi connectivity index (χ0n) is 16.9. The van der Waals surface area contributed by atoms with Crippen molar-refractivity contribution >= 4 is 16.8 Å². The van der Waals surface area contributed by atoms with Gasteiger partial charge in [0, 0.05) is 5.56 Å². The van der Waals surface area contributed by atoms with Crippen molar-refractivity contribution in [2.75, 3.05) is 0 Å². The molecule has 1 N–H and O–H groups in total. The van der Waals surface area contributed by atoms with Crippen molar-refractivity contribution in [2.24, 2.45) is 0 Å². The Hall–Kier alpha value is -3.87. The predicted octanol–water partition coefficient (Wildman–Crippen LogP) is 4.46. The summed E-state index contributed by atoms with van der Waals surface area (Å²) in [5.41, 5.74) is 1.85. The molecule has 0 unspecified atom stereocenters. The molecule has 1 aromatic heterocycles. The van der Waals surface area contributed by atoms with Crippen molar-refractivity contribution < 1.29 is 13.6 Å². The monoisotopic (exact) mass is 419 g/mol. The standard InChI is InChI=1S/C24H19F2N3O2/c1-14(17-9-12-20(25)21(26)13-17)27-23(30)16-7-10-18(11-8-16)29-15(2)28-22-6-4-3-5-19(22)24(29)31/h3-14H,1-2H3,(H,27,30)/t14-/m1/s1. The zero-order valence-corrected chi connectivity index (χ0v) is 16.9. The molecule has 0 bridgehead atoms. The van der Waals surface area contributed by atoms with Gasteiger partial charge in [0.1, 0.15) is 5.82 Å². The lowest BCUT2D eigenvalue weighted by Gasteiger charge is -2.15. The number of nitrogens with one attached hydrogen (secondary N) is 1. The largest absolute Gasteiger partial charge is 0.346 e. The minimum absolute atomic E-state index is 0.188. The van der Waals surface area contributed by atoms with E-state index in [4.69, 9.17) is 0 Å². The molecule has 0 aliphatic rings. The van der Waals surface area contributed by atoms with Gasteiger partial charge in [0.25, 0.3) is 11.5 Å². The van der Waals surface area contributed by atoms with Gasteiger partial charge in [-0.15, -0.1) is 0 Å². The molecule has 1 amide bonds. The van der Waals surface area contributed by atoms with Gasteiger partial charge in [-0.05, 0) is 67.9 Å². The Balaban J connectivity index is 1.58. The summed E-state index contributed by atoms with van der Waals surface area (Å²) in [5.74, 6) is -1.74. The third-order valence-electron chi connectivity index (χ3n) is 5.12. The van der Waals surface area contributed by atoms with E-state index in [2.05, 4.69) is 10.3 Å². The SMILES string of the molecule is Cc1nc2ccccc2c(=O)n1-c1ccc(C(=O)N[C@H](C)c2ccc(F)c(F)c2)cc1. The first-order valence-corrected chi connectivity index (χ1v) is 9.70. The minimum atomic E-state index is -0.965. The highest BCUT2D eigenvalue weighted by Gasteiger charge is 2.15. The molecule has 0 saturated heterocycles. The smallest absolute Gasteiger partial charge is 0.265 e. The van der Waals surface area contributed by atoms with Crippen LogP contribution in [0.1, 0.15) is 34.7 Å². The van der Waals surface area contributed by atoms with Crippen molar-refractivity contribution in [1.29, 1.82) is 0 Å². The van der Waals surface area contributed by atoms with Gasteiger partial charge >= 0.3 is 0 Å². The first kappa shape index (κ1) is 20.4. The van der Waals surface area contributed by atoms with Gasteiger partial charge in [0.05, 0.1) is 22.6 Å². The van der Waals surface area contributed by atoms with Crippen LogP contribution in [-0.4, -0.2) is 15.5 Å². The zero-order chi connectivity index (χ0) is 22.1. The van der Waals surface area contributed by atoms with Crippen LogP contribution < -0.4 is 10.9 Å². The van der Waals surface area contributed by atoms with Crippen LogP contribution in [0.25, 0.3) is 16.6 Å². The summed E-state index contributed by atoms with van der Waals surface area (Å²) < 4.78 is 28.1. The van der Waals surface area contributed by atoms with E-state index in [1.807, 2.05) is 6.07 Å². The van der Waals surface area contributed by atoms with E-state index in [0.29, 0.717) is 33.5 Å². The first-order chi connectivity index (χ1) is 14.8. The molecule has 1 atom stereocenters. The number of rotatable bonds is 4. The molecule has 0 fully saturated rings. The van der Waals surface area contributed by atoms with Crippen LogP contribution in [0.4, 0.5) is 8.78 Å². The lowest BCUT2D eigenvalue weighted by Crippen LogP contribution is -2.27. The van der Waals surface area contributed by atoms with E-state index in [0.717, 1.165) is 12.1 Å². The lowest BCUT2D eigenvalue weighted by atomic mass is 10.1. The van der Waals surface area contributed by atoms with Crippen LogP contribution in [-0.2, 0) is 0 Å². The molecule has 1 heterocycles. The highest BCUT2D eigenvalue weighted by atomic mass is 19.2. The van der Waals surface area contributed by atoms with E-state index in [1.54, 1.807) is 56.3 Å². The molecule has 0 spiro atoms. The third-order valence-corrected chi connectivity index (χ3v) is 5.12. The topological polar surface area (TPSA) is 64.0 Å². The number of aryl methyl sites for hydroxylation is 1. The number of hydrogen-bond donors (Lipinski definition) is 1. The highest BCUT2D eigenvalue weighted by molar-refractivity contribution is 5.94. The number of fused-ring (bicyclic) bond motifs is 1. The Morgan fingerprint density at radius 1 is 1.00 bits per heavy atom. The summed E-state index contributed by atoms with van der Waals surface area (Å²) in [7, 11) is 0. The van der Waals surface area contributed by atoms with Gasteiger partial charge in [-0.1, -0.05) is 18.2 Å². The second kappa shape index (κ2) is 8.10. The number of hydrogen-bond acceptors (Lipinski definition) is 3. The Kier molecular flexibility index (Phi) is 5.33. The molecule has 4 rings (SSSR count). The molecule has 4 aromatic rings. The van der Waals surface area contributed by atoms with Gasteiger partial charge in [0.2, 0.25) is 0 Å². The molecule has 0 radical (unpaired) electrons. The predicted molar refractivity (Wildman–Crippen MR) is 114 cm³/mol. The van der Waals surface area contributed by atoms with Gasteiger partial charge in [-0.3, -0.25) is 14.2 Å². The van der Waals surface area contributed by atoms with E-state index in [-0.39, 0.29) is 11.5 Å². The number of aromatic nitrogens is 2. The number of para-hydroxylation sites is 1. The van der Waals surface area contributed by atoms with Crippen molar-refractivity contribution in [3.05, 3.63) is 106 Å². The summed E-state index contributed by atoms with van der Waals surface area (Å²) in [5, 5.41) is 3.27. The molecule has 0 aliphatic carbocycles. The van der Waals surface area contributed by atoms with Crippen LogP contribution in [0.2, 0.25) is 0 Å². The molecule has 3 aromatic carbocycles. The molecule has 7 heteroatoms. The number of halogens is 2. The van der Waals surface area contributed by atoms with Crippen LogP contribution in [0.5, 0.6) is 0 Å². The number of carbonyl (C=O) groups is 1. The molecule has 156 valence electrons. The maximum Gasteiger partial charge on any atom is 0.265 e.